The molecule has 0 aliphatic rings. The van der Waals surface area contributed by atoms with Gasteiger partial charge in [-0.15, -0.1) is 11.3 Å². The van der Waals surface area contributed by atoms with E-state index in [0.717, 1.165) is 16.9 Å². The normalized spacial score (nSPS) is 12.6. The number of nitrogen functional groups attached to an aromatic ring is 1. The van der Waals surface area contributed by atoms with Crippen LogP contribution in [0.4, 0.5) is 10.8 Å². The number of anilines is 2. The van der Waals surface area contributed by atoms with Crippen molar-refractivity contribution in [2.24, 2.45) is 0 Å². The fourth-order valence-electron chi connectivity index (χ4n) is 1.39. The molecule has 0 aliphatic heterocycles. The third-order valence-corrected chi connectivity index (χ3v) is 4.99. The van der Waals surface area contributed by atoms with Crippen LogP contribution in [0.15, 0.2) is 29.6 Å². The quantitative estimate of drug-likeness (QED) is 0.840. The second kappa shape index (κ2) is 5.48. The number of sulfonamides is 1. The van der Waals surface area contributed by atoms with E-state index in [0.29, 0.717) is 11.4 Å². The molecule has 0 spiro atoms. The summed E-state index contributed by atoms with van der Waals surface area (Å²) in [6, 6.07) is 8.79. The molecule has 1 aromatic heterocycles. The van der Waals surface area contributed by atoms with E-state index < -0.39 is 15.3 Å². The van der Waals surface area contributed by atoms with E-state index in [2.05, 4.69) is 9.71 Å². The number of hydrogen-bond acceptors (Lipinski definition) is 6. The first kappa shape index (κ1) is 14.3. The monoisotopic (exact) mass is 308 g/mol. The van der Waals surface area contributed by atoms with Crippen LogP contribution in [0.25, 0.3) is 11.3 Å². The lowest BCUT2D eigenvalue weighted by Gasteiger charge is -2.05. The average molecular weight is 308 g/mol. The molecular weight excluding hydrogens is 296 g/mol. The lowest BCUT2D eigenvalue weighted by Crippen LogP contribution is -2.23. The standard InChI is InChI=1S/C12H12N4O2S2/c1-8(6-13)20(17,18)16-12-15-11(7-19-12)9-2-4-10(14)5-3-9/h2-5,7-8H,14H2,1H3,(H,15,16). The molecule has 0 bridgehead atoms. The highest BCUT2D eigenvalue weighted by Crippen LogP contribution is 2.26. The number of hydrogen-bond donors (Lipinski definition) is 2. The SMILES string of the molecule is CC(C#N)S(=O)(=O)Nc1nc(-c2ccc(N)cc2)cs1. The lowest BCUT2D eigenvalue weighted by atomic mass is 10.2. The first-order chi connectivity index (χ1) is 9.42. The number of aromatic nitrogens is 1. The molecule has 20 heavy (non-hydrogen) atoms. The van der Waals surface area contributed by atoms with Crippen molar-refractivity contribution in [3.8, 4) is 17.3 Å². The van der Waals surface area contributed by atoms with Gasteiger partial charge in [0.2, 0.25) is 0 Å². The summed E-state index contributed by atoms with van der Waals surface area (Å²) < 4.78 is 25.8. The molecule has 2 aromatic rings. The van der Waals surface area contributed by atoms with E-state index in [9.17, 15) is 8.42 Å². The van der Waals surface area contributed by atoms with Crippen LogP contribution in [0.2, 0.25) is 0 Å². The summed E-state index contributed by atoms with van der Waals surface area (Å²) in [5, 5.41) is 9.50. The molecule has 1 atom stereocenters. The molecule has 8 heteroatoms. The average Bonchev–Trinajstić information content (AvgIpc) is 2.86. The van der Waals surface area contributed by atoms with E-state index in [4.69, 9.17) is 11.0 Å². The van der Waals surface area contributed by atoms with Crippen LogP contribution in [-0.4, -0.2) is 18.7 Å². The predicted molar refractivity (Wildman–Crippen MR) is 79.6 cm³/mol. The van der Waals surface area contributed by atoms with E-state index in [1.165, 1.54) is 6.92 Å². The van der Waals surface area contributed by atoms with E-state index >= 15 is 0 Å². The molecule has 0 aliphatic carbocycles. The molecular formula is C12H12N4O2S2. The van der Waals surface area contributed by atoms with Crippen molar-refractivity contribution in [2.45, 2.75) is 12.2 Å². The molecule has 2 rings (SSSR count). The van der Waals surface area contributed by atoms with Gasteiger partial charge in [0.05, 0.1) is 11.8 Å². The van der Waals surface area contributed by atoms with Gasteiger partial charge in [0.1, 0.15) is 0 Å². The van der Waals surface area contributed by atoms with Crippen LogP contribution in [0, 0.1) is 11.3 Å². The van der Waals surface area contributed by atoms with Crippen molar-refractivity contribution in [3.63, 3.8) is 0 Å². The predicted octanol–water partition coefficient (Wildman–Crippen LogP) is 2.05. The van der Waals surface area contributed by atoms with Crippen LogP contribution in [-0.2, 0) is 10.0 Å². The first-order valence-corrected chi connectivity index (χ1v) is 8.07. The second-order valence-electron chi connectivity index (χ2n) is 4.08. The number of benzene rings is 1. The van der Waals surface area contributed by atoms with Crippen molar-refractivity contribution < 1.29 is 8.42 Å². The molecule has 1 aromatic carbocycles. The molecule has 0 saturated carbocycles. The highest BCUT2D eigenvalue weighted by Gasteiger charge is 2.21. The minimum Gasteiger partial charge on any atom is -0.399 e. The minimum atomic E-state index is -3.72. The van der Waals surface area contributed by atoms with Crippen LogP contribution in [0.3, 0.4) is 0 Å². The topological polar surface area (TPSA) is 109 Å². The molecule has 0 fully saturated rings. The third-order valence-electron chi connectivity index (χ3n) is 2.59. The second-order valence-corrected chi connectivity index (χ2v) is 6.94. The van der Waals surface area contributed by atoms with Crippen molar-refractivity contribution >= 4 is 32.2 Å². The van der Waals surface area contributed by atoms with Crippen LogP contribution < -0.4 is 10.5 Å². The summed E-state index contributed by atoms with van der Waals surface area (Å²) in [5.41, 5.74) is 7.74. The van der Waals surface area contributed by atoms with Crippen molar-refractivity contribution in [3.05, 3.63) is 29.6 Å². The van der Waals surface area contributed by atoms with Gasteiger partial charge in [0.15, 0.2) is 10.4 Å². The Morgan fingerprint density at radius 3 is 2.65 bits per heavy atom. The van der Waals surface area contributed by atoms with Gasteiger partial charge in [-0.1, -0.05) is 12.1 Å². The number of rotatable bonds is 4. The van der Waals surface area contributed by atoms with Crippen molar-refractivity contribution in [1.29, 1.82) is 5.26 Å². The van der Waals surface area contributed by atoms with Gasteiger partial charge in [-0.05, 0) is 19.1 Å². The van der Waals surface area contributed by atoms with Gasteiger partial charge >= 0.3 is 0 Å². The number of thiazole rings is 1. The zero-order valence-electron chi connectivity index (χ0n) is 10.6. The maximum absolute atomic E-state index is 11.7. The molecule has 0 saturated heterocycles. The lowest BCUT2D eigenvalue weighted by molar-refractivity contribution is 0.597. The zero-order chi connectivity index (χ0) is 14.8. The van der Waals surface area contributed by atoms with E-state index in [1.807, 2.05) is 0 Å². The number of nitrogens with one attached hydrogen (secondary N) is 1. The van der Waals surface area contributed by atoms with E-state index in [1.54, 1.807) is 35.7 Å². The molecule has 6 nitrogen and oxygen atoms in total. The van der Waals surface area contributed by atoms with Gasteiger partial charge in [-0.25, -0.2) is 13.4 Å². The number of nitrogens with zero attached hydrogens (tertiary/aromatic N) is 2. The highest BCUT2D eigenvalue weighted by molar-refractivity contribution is 7.93. The summed E-state index contributed by atoms with van der Waals surface area (Å²) in [4.78, 5) is 4.19. The Kier molecular flexibility index (Phi) is 3.92. The Bertz CT molecular complexity index is 745. The summed E-state index contributed by atoms with van der Waals surface area (Å²) in [5.74, 6) is 0. The summed E-state index contributed by atoms with van der Waals surface area (Å²) in [6.45, 7) is 1.32. The fourth-order valence-corrected chi connectivity index (χ4v) is 3.10. The first-order valence-electron chi connectivity index (χ1n) is 5.65. The maximum atomic E-state index is 11.7. The Labute approximate surface area is 120 Å². The summed E-state index contributed by atoms with van der Waals surface area (Å²) >= 11 is 1.16. The molecule has 0 radical (unpaired) electrons. The van der Waals surface area contributed by atoms with Crippen LogP contribution in [0.5, 0.6) is 0 Å². The third kappa shape index (κ3) is 3.07. The zero-order valence-corrected chi connectivity index (χ0v) is 12.2. The molecule has 0 amide bonds. The molecule has 1 unspecified atom stereocenters. The van der Waals surface area contributed by atoms with Crippen molar-refractivity contribution in [1.82, 2.24) is 4.98 Å². The Morgan fingerprint density at radius 2 is 2.05 bits per heavy atom. The smallest absolute Gasteiger partial charge is 0.250 e. The maximum Gasteiger partial charge on any atom is 0.250 e. The number of nitriles is 1. The Morgan fingerprint density at radius 1 is 1.40 bits per heavy atom. The Hall–Kier alpha value is -2.11. The highest BCUT2D eigenvalue weighted by atomic mass is 32.2. The van der Waals surface area contributed by atoms with E-state index in [-0.39, 0.29) is 5.13 Å². The minimum absolute atomic E-state index is 0.235. The van der Waals surface area contributed by atoms with Gasteiger partial charge in [0.25, 0.3) is 10.0 Å². The fraction of sp³-hybridized carbons (Fsp3) is 0.167. The van der Waals surface area contributed by atoms with Gasteiger partial charge in [-0.3, -0.25) is 4.72 Å². The molecule has 3 N–H and O–H groups in total. The Balaban J connectivity index is 2.22. The van der Waals surface area contributed by atoms with Gasteiger partial charge in [0, 0.05) is 16.6 Å². The van der Waals surface area contributed by atoms with Gasteiger partial charge < -0.3 is 5.73 Å². The summed E-state index contributed by atoms with van der Waals surface area (Å²) in [7, 11) is -3.72. The van der Waals surface area contributed by atoms with Gasteiger partial charge in [-0.2, -0.15) is 5.26 Å². The summed E-state index contributed by atoms with van der Waals surface area (Å²) in [6.07, 6.45) is 0. The van der Waals surface area contributed by atoms with Crippen molar-refractivity contribution in [2.75, 3.05) is 10.5 Å². The largest absolute Gasteiger partial charge is 0.399 e. The molecule has 1 heterocycles. The molecule has 104 valence electrons. The van der Waals surface area contributed by atoms with Crippen LogP contribution >= 0.6 is 11.3 Å². The van der Waals surface area contributed by atoms with Crippen LogP contribution in [0.1, 0.15) is 6.92 Å². The number of nitrogens with two attached hydrogens (primary N) is 1.